The Morgan fingerprint density at radius 2 is 2.10 bits per heavy atom. The van der Waals surface area contributed by atoms with Gasteiger partial charge >= 0.3 is 0 Å². The second kappa shape index (κ2) is 7.41. The zero-order valence-corrected chi connectivity index (χ0v) is 12.1. The first kappa shape index (κ1) is 15.0. The fourth-order valence-electron chi connectivity index (χ4n) is 2.34. The van der Waals surface area contributed by atoms with Crippen molar-refractivity contribution >= 4 is 11.6 Å². The van der Waals surface area contributed by atoms with Crippen LogP contribution in [-0.4, -0.2) is 41.7 Å². The van der Waals surface area contributed by atoms with E-state index in [1.54, 1.807) is 0 Å². The second-order valence-corrected chi connectivity index (χ2v) is 5.50. The van der Waals surface area contributed by atoms with Crippen molar-refractivity contribution in [3.05, 3.63) is 29.8 Å². The van der Waals surface area contributed by atoms with Crippen molar-refractivity contribution in [2.45, 2.75) is 38.6 Å². The molecule has 0 radical (unpaired) electrons. The van der Waals surface area contributed by atoms with Gasteiger partial charge in [-0.15, -0.1) is 0 Å². The van der Waals surface area contributed by atoms with E-state index < -0.39 is 0 Å². The Bertz CT molecular complexity index is 444. The molecule has 20 heavy (non-hydrogen) atoms. The topological polar surface area (TPSA) is 52.6 Å². The van der Waals surface area contributed by atoms with Crippen LogP contribution >= 0.6 is 0 Å². The van der Waals surface area contributed by atoms with Gasteiger partial charge in [-0.1, -0.05) is 18.2 Å². The molecule has 0 saturated heterocycles. The fourth-order valence-corrected chi connectivity index (χ4v) is 2.34. The minimum Gasteiger partial charge on any atom is -0.396 e. The van der Waals surface area contributed by atoms with Gasteiger partial charge in [-0.3, -0.25) is 9.69 Å². The molecule has 1 amide bonds. The molecular formula is C16H24N2O2. The molecule has 1 aromatic rings. The first-order valence-electron chi connectivity index (χ1n) is 7.41. The Morgan fingerprint density at radius 1 is 1.35 bits per heavy atom. The van der Waals surface area contributed by atoms with Gasteiger partial charge in [0.2, 0.25) is 5.91 Å². The van der Waals surface area contributed by atoms with Gasteiger partial charge in [-0.25, -0.2) is 0 Å². The number of amides is 1. The smallest absolute Gasteiger partial charge is 0.238 e. The van der Waals surface area contributed by atoms with Gasteiger partial charge < -0.3 is 10.4 Å². The molecule has 0 spiro atoms. The molecule has 4 heteroatoms. The van der Waals surface area contributed by atoms with Crippen LogP contribution in [-0.2, 0) is 4.79 Å². The van der Waals surface area contributed by atoms with Gasteiger partial charge in [0.25, 0.3) is 0 Å². The van der Waals surface area contributed by atoms with Crippen molar-refractivity contribution in [1.29, 1.82) is 0 Å². The maximum atomic E-state index is 12.1. The van der Waals surface area contributed by atoms with Crippen molar-refractivity contribution in [2.75, 3.05) is 25.0 Å². The highest BCUT2D eigenvalue weighted by Crippen LogP contribution is 2.27. The predicted molar refractivity (Wildman–Crippen MR) is 80.7 cm³/mol. The number of aryl methyl sites for hydroxylation is 1. The Kier molecular flexibility index (Phi) is 5.56. The Morgan fingerprint density at radius 3 is 2.75 bits per heavy atom. The number of hydrogen-bond acceptors (Lipinski definition) is 3. The summed E-state index contributed by atoms with van der Waals surface area (Å²) in [7, 11) is 0. The van der Waals surface area contributed by atoms with Crippen molar-refractivity contribution < 1.29 is 9.90 Å². The second-order valence-electron chi connectivity index (χ2n) is 5.50. The number of hydrogen-bond donors (Lipinski definition) is 2. The number of nitrogens with zero attached hydrogens (tertiary/aromatic N) is 1. The monoisotopic (exact) mass is 276 g/mol. The number of benzene rings is 1. The van der Waals surface area contributed by atoms with Crippen LogP contribution in [0.5, 0.6) is 0 Å². The van der Waals surface area contributed by atoms with Crippen LogP contribution < -0.4 is 5.32 Å². The molecule has 1 fully saturated rings. The summed E-state index contributed by atoms with van der Waals surface area (Å²) >= 11 is 0. The van der Waals surface area contributed by atoms with E-state index in [2.05, 4.69) is 10.2 Å². The molecule has 0 aromatic heterocycles. The summed E-state index contributed by atoms with van der Waals surface area (Å²) in [6.07, 6.45) is 4.14. The van der Waals surface area contributed by atoms with Gasteiger partial charge in [0, 0.05) is 18.3 Å². The number of carbonyl (C=O) groups is 1. The Balaban J connectivity index is 1.83. The van der Waals surface area contributed by atoms with E-state index in [0.717, 1.165) is 30.6 Å². The van der Waals surface area contributed by atoms with Gasteiger partial charge in [-0.2, -0.15) is 0 Å². The average molecular weight is 276 g/mol. The summed E-state index contributed by atoms with van der Waals surface area (Å²) in [4.78, 5) is 14.4. The van der Waals surface area contributed by atoms with E-state index >= 15 is 0 Å². The summed E-state index contributed by atoms with van der Waals surface area (Å²) < 4.78 is 0. The molecule has 0 heterocycles. The normalized spacial score (nSPS) is 14.6. The molecule has 2 N–H and O–H groups in total. The van der Waals surface area contributed by atoms with Crippen molar-refractivity contribution in [2.24, 2.45) is 0 Å². The number of anilines is 1. The standard InChI is InChI=1S/C16H24N2O2/c1-13-6-2-3-7-15(13)17-16(20)12-18(14-8-9-14)10-4-5-11-19/h2-3,6-7,14,19H,4-5,8-12H2,1H3,(H,17,20). The van der Waals surface area contributed by atoms with Crippen molar-refractivity contribution in [3.63, 3.8) is 0 Å². The van der Waals surface area contributed by atoms with Gasteiger partial charge in [-0.05, 0) is 50.8 Å². The molecule has 0 aliphatic heterocycles. The SMILES string of the molecule is Cc1ccccc1NC(=O)CN(CCCCO)C1CC1. The third kappa shape index (κ3) is 4.62. The molecule has 0 atom stereocenters. The lowest BCUT2D eigenvalue weighted by atomic mass is 10.2. The highest BCUT2D eigenvalue weighted by atomic mass is 16.2. The quantitative estimate of drug-likeness (QED) is 0.716. The first-order chi connectivity index (χ1) is 9.70. The number of unbranched alkanes of at least 4 members (excludes halogenated alkanes) is 1. The van der Waals surface area contributed by atoms with Crippen LogP contribution in [0.2, 0.25) is 0 Å². The van der Waals surface area contributed by atoms with Crippen molar-refractivity contribution in [1.82, 2.24) is 4.90 Å². The first-order valence-corrected chi connectivity index (χ1v) is 7.41. The van der Waals surface area contributed by atoms with Crippen LogP contribution in [0, 0.1) is 6.92 Å². The molecule has 2 rings (SSSR count). The van der Waals surface area contributed by atoms with Gasteiger partial charge in [0.1, 0.15) is 0 Å². The fraction of sp³-hybridized carbons (Fsp3) is 0.562. The van der Waals surface area contributed by atoms with Crippen LogP contribution in [0.1, 0.15) is 31.2 Å². The number of carbonyl (C=O) groups excluding carboxylic acids is 1. The molecule has 110 valence electrons. The molecule has 1 saturated carbocycles. The van der Waals surface area contributed by atoms with E-state index in [9.17, 15) is 4.79 Å². The molecule has 1 aliphatic rings. The van der Waals surface area contributed by atoms with E-state index in [-0.39, 0.29) is 12.5 Å². The van der Waals surface area contributed by atoms with Gasteiger partial charge in [0.15, 0.2) is 0 Å². The summed E-state index contributed by atoms with van der Waals surface area (Å²) in [5.74, 6) is 0.0511. The zero-order valence-electron chi connectivity index (χ0n) is 12.1. The minimum atomic E-state index is 0.0511. The van der Waals surface area contributed by atoms with Crippen LogP contribution in [0.15, 0.2) is 24.3 Å². The summed E-state index contributed by atoms with van der Waals surface area (Å²) in [5, 5.41) is 11.8. The Labute approximate surface area is 120 Å². The number of nitrogens with one attached hydrogen (secondary N) is 1. The third-order valence-electron chi connectivity index (χ3n) is 3.68. The Hall–Kier alpha value is -1.39. The molecule has 0 bridgehead atoms. The highest BCUT2D eigenvalue weighted by Gasteiger charge is 2.29. The lowest BCUT2D eigenvalue weighted by Crippen LogP contribution is -2.35. The molecule has 0 unspecified atom stereocenters. The van der Waals surface area contributed by atoms with Crippen LogP contribution in [0.4, 0.5) is 5.69 Å². The number of aliphatic hydroxyl groups is 1. The highest BCUT2D eigenvalue weighted by molar-refractivity contribution is 5.92. The van der Waals surface area contributed by atoms with Crippen LogP contribution in [0.3, 0.4) is 0 Å². The lowest BCUT2D eigenvalue weighted by Gasteiger charge is -2.21. The number of rotatable bonds is 8. The summed E-state index contributed by atoms with van der Waals surface area (Å²) in [5.41, 5.74) is 1.97. The minimum absolute atomic E-state index is 0.0511. The third-order valence-corrected chi connectivity index (χ3v) is 3.68. The van der Waals surface area contributed by atoms with Crippen molar-refractivity contribution in [3.8, 4) is 0 Å². The molecular weight excluding hydrogens is 252 g/mol. The zero-order chi connectivity index (χ0) is 14.4. The molecule has 1 aromatic carbocycles. The summed E-state index contributed by atoms with van der Waals surface area (Å²) in [6, 6.07) is 8.39. The number of para-hydroxylation sites is 1. The summed E-state index contributed by atoms with van der Waals surface area (Å²) in [6.45, 7) is 3.57. The lowest BCUT2D eigenvalue weighted by molar-refractivity contribution is -0.117. The average Bonchev–Trinajstić information content (AvgIpc) is 3.25. The maximum Gasteiger partial charge on any atom is 0.238 e. The number of aliphatic hydroxyl groups excluding tert-OH is 1. The van der Waals surface area contributed by atoms with E-state index in [1.807, 2.05) is 31.2 Å². The van der Waals surface area contributed by atoms with Crippen LogP contribution in [0.25, 0.3) is 0 Å². The molecule has 4 nitrogen and oxygen atoms in total. The van der Waals surface area contributed by atoms with Gasteiger partial charge in [0.05, 0.1) is 6.54 Å². The van der Waals surface area contributed by atoms with E-state index in [0.29, 0.717) is 12.6 Å². The predicted octanol–water partition coefficient (Wildman–Crippen LogP) is 2.17. The largest absolute Gasteiger partial charge is 0.396 e. The maximum absolute atomic E-state index is 12.1. The molecule has 1 aliphatic carbocycles. The van der Waals surface area contributed by atoms with E-state index in [1.165, 1.54) is 12.8 Å². The van der Waals surface area contributed by atoms with E-state index in [4.69, 9.17) is 5.11 Å².